The second-order valence-corrected chi connectivity index (χ2v) is 10.7. The van der Waals surface area contributed by atoms with Gasteiger partial charge in [-0.2, -0.15) is 11.8 Å². The summed E-state index contributed by atoms with van der Waals surface area (Å²) in [5, 5.41) is 4.88. The predicted molar refractivity (Wildman–Crippen MR) is 124 cm³/mol. The van der Waals surface area contributed by atoms with Crippen molar-refractivity contribution in [3.63, 3.8) is 0 Å². The fourth-order valence-electron chi connectivity index (χ4n) is 2.92. The number of carbonyl (C=O) groups excluding carboxylic acids is 4. The normalized spacial score (nSPS) is 21.4. The molecule has 0 bridgehead atoms. The Hall–Kier alpha value is -2.43. The Morgan fingerprint density at radius 1 is 0.970 bits per heavy atom. The average molecular weight is 489 g/mol. The summed E-state index contributed by atoms with van der Waals surface area (Å²) in [7, 11) is 2.49. The largest absolute Gasteiger partial charge is 0.467 e. The van der Waals surface area contributed by atoms with Crippen molar-refractivity contribution in [2.24, 2.45) is 0 Å². The molecule has 0 aromatic rings. The first-order chi connectivity index (χ1) is 15.1. The summed E-state index contributed by atoms with van der Waals surface area (Å²) < 4.78 is 20.1. The highest BCUT2D eigenvalue weighted by atomic mass is 32.2. The van der Waals surface area contributed by atoms with Crippen LogP contribution in [-0.4, -0.2) is 72.1 Å². The topological polar surface area (TPSA) is 129 Å². The molecular weight excluding hydrogens is 452 g/mol. The van der Waals surface area contributed by atoms with E-state index in [2.05, 4.69) is 10.6 Å². The minimum absolute atomic E-state index is 0.161. The fraction of sp³-hybridized carbons (Fsp3) is 0.727. The Bertz CT molecular complexity index is 756. The molecule has 0 saturated carbocycles. The summed E-state index contributed by atoms with van der Waals surface area (Å²) in [5.74, 6) is -0.814. The highest BCUT2D eigenvalue weighted by molar-refractivity contribution is 8.01. The van der Waals surface area contributed by atoms with Crippen LogP contribution in [0.15, 0.2) is 12.2 Å². The van der Waals surface area contributed by atoms with E-state index in [1.165, 1.54) is 26.0 Å². The standard InChI is InChI=1S/C22H36N2O8S/c1-20(2,3)31-18(27)23-14(16(25)29-7)11-9-10-12-15-22(13-33-15,17(26)30-8)24-19(28)32-21(4,5)6/h9-10,14-15H,11-13H2,1-8H3,(H,23,27)(H,24,28)/b10-9+/t14?,15?,22-/m0/s1. The summed E-state index contributed by atoms with van der Waals surface area (Å²) in [6.07, 6.45) is 2.62. The molecule has 188 valence electrons. The van der Waals surface area contributed by atoms with Gasteiger partial charge in [0, 0.05) is 11.0 Å². The lowest BCUT2D eigenvalue weighted by Gasteiger charge is -2.46. The molecule has 1 aliphatic heterocycles. The molecule has 0 radical (unpaired) electrons. The van der Waals surface area contributed by atoms with E-state index in [1.54, 1.807) is 53.7 Å². The molecule has 2 amide bonds. The van der Waals surface area contributed by atoms with Gasteiger partial charge in [0.05, 0.1) is 14.2 Å². The first kappa shape index (κ1) is 28.6. The third-order valence-corrected chi connectivity index (χ3v) is 6.02. The highest BCUT2D eigenvalue weighted by Crippen LogP contribution is 2.42. The minimum Gasteiger partial charge on any atom is -0.467 e. The van der Waals surface area contributed by atoms with Gasteiger partial charge >= 0.3 is 24.1 Å². The second-order valence-electron chi connectivity index (χ2n) is 9.55. The van der Waals surface area contributed by atoms with Gasteiger partial charge in [-0.25, -0.2) is 19.2 Å². The lowest BCUT2D eigenvalue weighted by atomic mass is 9.93. The summed E-state index contributed by atoms with van der Waals surface area (Å²) in [5.41, 5.74) is -2.62. The predicted octanol–water partition coefficient (Wildman–Crippen LogP) is 2.94. The Morgan fingerprint density at radius 2 is 1.55 bits per heavy atom. The van der Waals surface area contributed by atoms with Crippen molar-refractivity contribution in [1.29, 1.82) is 0 Å². The number of carbonyl (C=O) groups is 4. The summed E-state index contributed by atoms with van der Waals surface area (Å²) in [6.45, 7) is 10.3. The fourth-order valence-corrected chi connectivity index (χ4v) is 4.25. The van der Waals surface area contributed by atoms with Gasteiger partial charge in [0.15, 0.2) is 5.54 Å². The lowest BCUT2D eigenvalue weighted by Crippen LogP contribution is -2.69. The Kier molecular flexibility index (Phi) is 10.1. The van der Waals surface area contributed by atoms with Crippen LogP contribution in [0.2, 0.25) is 0 Å². The zero-order chi connectivity index (χ0) is 25.4. The van der Waals surface area contributed by atoms with Gasteiger partial charge in [-0.3, -0.25) is 0 Å². The average Bonchev–Trinajstić information content (AvgIpc) is 2.65. The molecule has 0 aliphatic carbocycles. The molecule has 33 heavy (non-hydrogen) atoms. The van der Waals surface area contributed by atoms with E-state index in [-0.39, 0.29) is 11.7 Å². The third kappa shape index (κ3) is 9.15. The molecule has 0 spiro atoms. The Labute approximate surface area is 199 Å². The van der Waals surface area contributed by atoms with E-state index in [4.69, 9.17) is 18.9 Å². The van der Waals surface area contributed by atoms with Crippen LogP contribution < -0.4 is 10.6 Å². The van der Waals surface area contributed by atoms with Crippen molar-refractivity contribution in [3.05, 3.63) is 12.2 Å². The van der Waals surface area contributed by atoms with Crippen molar-refractivity contribution in [2.75, 3.05) is 20.0 Å². The SMILES string of the molecule is COC(=O)C(C/C=C/CC1SC[C@@]1(NC(=O)OC(C)(C)C)C(=O)OC)NC(=O)OC(C)(C)C. The van der Waals surface area contributed by atoms with Crippen molar-refractivity contribution in [3.8, 4) is 0 Å². The summed E-state index contributed by atoms with van der Waals surface area (Å²) >= 11 is 1.50. The number of nitrogens with one attached hydrogen (secondary N) is 2. The van der Waals surface area contributed by atoms with Gasteiger partial charge in [0.2, 0.25) is 0 Å². The maximum Gasteiger partial charge on any atom is 0.408 e. The molecule has 2 N–H and O–H groups in total. The quantitative estimate of drug-likeness (QED) is 0.301. The van der Waals surface area contributed by atoms with Crippen molar-refractivity contribution >= 4 is 35.9 Å². The molecule has 1 heterocycles. The van der Waals surface area contributed by atoms with Crippen molar-refractivity contribution in [2.45, 2.75) is 82.4 Å². The number of amides is 2. The maximum absolute atomic E-state index is 12.5. The molecule has 0 aromatic carbocycles. The van der Waals surface area contributed by atoms with E-state index in [0.29, 0.717) is 12.2 Å². The van der Waals surface area contributed by atoms with Gasteiger partial charge in [-0.05, 0) is 54.4 Å². The number of ether oxygens (including phenoxy) is 4. The maximum atomic E-state index is 12.5. The Balaban J connectivity index is 2.79. The van der Waals surface area contributed by atoms with Crippen LogP contribution in [0.1, 0.15) is 54.4 Å². The van der Waals surface area contributed by atoms with E-state index in [0.717, 1.165) is 0 Å². The van der Waals surface area contributed by atoms with Gasteiger partial charge in [-0.1, -0.05) is 12.2 Å². The van der Waals surface area contributed by atoms with Gasteiger partial charge in [0.1, 0.15) is 17.2 Å². The highest BCUT2D eigenvalue weighted by Gasteiger charge is 2.55. The molecule has 2 unspecified atom stereocenters. The molecule has 10 nitrogen and oxygen atoms in total. The van der Waals surface area contributed by atoms with Crippen LogP contribution in [0.25, 0.3) is 0 Å². The van der Waals surface area contributed by atoms with Crippen LogP contribution in [0.3, 0.4) is 0 Å². The van der Waals surface area contributed by atoms with E-state index < -0.39 is 46.9 Å². The van der Waals surface area contributed by atoms with Crippen LogP contribution >= 0.6 is 11.8 Å². The number of rotatable bonds is 8. The number of methoxy groups -OCH3 is 2. The number of esters is 2. The van der Waals surface area contributed by atoms with Gasteiger partial charge in [0.25, 0.3) is 0 Å². The van der Waals surface area contributed by atoms with E-state index in [9.17, 15) is 19.2 Å². The van der Waals surface area contributed by atoms with Gasteiger partial charge < -0.3 is 29.6 Å². The number of hydrogen-bond acceptors (Lipinski definition) is 9. The third-order valence-electron chi connectivity index (χ3n) is 4.40. The molecule has 1 aliphatic rings. The van der Waals surface area contributed by atoms with Crippen LogP contribution in [0.5, 0.6) is 0 Å². The second kappa shape index (κ2) is 11.6. The minimum atomic E-state index is -1.21. The molecule has 1 rings (SSSR count). The molecule has 0 aromatic heterocycles. The van der Waals surface area contributed by atoms with Crippen molar-refractivity contribution < 1.29 is 38.1 Å². The monoisotopic (exact) mass is 488 g/mol. The zero-order valence-electron chi connectivity index (χ0n) is 20.6. The summed E-state index contributed by atoms with van der Waals surface area (Å²) in [4.78, 5) is 48.8. The molecule has 11 heteroatoms. The Morgan fingerprint density at radius 3 is 2.00 bits per heavy atom. The summed E-state index contributed by atoms with van der Waals surface area (Å²) in [6, 6.07) is -0.930. The number of allylic oxidation sites excluding steroid dienone is 1. The van der Waals surface area contributed by atoms with Crippen LogP contribution in [0, 0.1) is 0 Å². The lowest BCUT2D eigenvalue weighted by molar-refractivity contribution is -0.148. The van der Waals surface area contributed by atoms with Crippen molar-refractivity contribution in [1.82, 2.24) is 10.6 Å². The van der Waals surface area contributed by atoms with E-state index >= 15 is 0 Å². The molecule has 1 fully saturated rings. The van der Waals surface area contributed by atoms with Crippen LogP contribution in [-0.2, 0) is 28.5 Å². The van der Waals surface area contributed by atoms with E-state index in [1.807, 2.05) is 0 Å². The first-order valence-electron chi connectivity index (χ1n) is 10.6. The number of hydrogen-bond donors (Lipinski definition) is 2. The smallest absolute Gasteiger partial charge is 0.408 e. The number of alkyl carbamates (subject to hydrolysis) is 2. The number of thioether (sulfide) groups is 1. The zero-order valence-corrected chi connectivity index (χ0v) is 21.4. The molecule has 3 atom stereocenters. The first-order valence-corrected chi connectivity index (χ1v) is 11.6. The van der Waals surface area contributed by atoms with Crippen LogP contribution in [0.4, 0.5) is 9.59 Å². The van der Waals surface area contributed by atoms with Gasteiger partial charge in [-0.15, -0.1) is 0 Å². The molecule has 1 saturated heterocycles. The molecular formula is C22H36N2O8S.